The van der Waals surface area contributed by atoms with Gasteiger partial charge in [-0.15, -0.1) is 0 Å². The third-order valence-corrected chi connectivity index (χ3v) is 13.7. The fraction of sp³-hybridized carbons (Fsp3) is 0.634. The van der Waals surface area contributed by atoms with Crippen molar-refractivity contribution in [2.45, 2.75) is 74.8 Å². The Hall–Kier alpha value is -2.27. The van der Waals surface area contributed by atoms with Gasteiger partial charge in [0.2, 0.25) is 5.91 Å². The lowest BCUT2D eigenvalue weighted by Gasteiger charge is -2.46. The number of rotatable bonds is 1. The Labute approximate surface area is 314 Å². The molecule has 4 heterocycles. The molecule has 1 saturated carbocycles. The minimum absolute atomic E-state index is 0.0693. The first kappa shape index (κ1) is 37.1. The number of allylic oxidation sites excluding steroid dienone is 1. The molecule has 2 bridgehead atoms. The maximum Gasteiger partial charge on any atom is 0.233 e. The van der Waals surface area contributed by atoms with E-state index < -0.39 is 0 Å². The number of carbonyl (C=O) groups is 1. The lowest BCUT2D eigenvalue weighted by atomic mass is 9.68. The highest BCUT2D eigenvalue weighted by molar-refractivity contribution is 7.98. The molecule has 278 valence electrons. The molecule has 51 heavy (non-hydrogen) atoms. The highest BCUT2D eigenvalue weighted by atomic mass is 35.5. The predicted molar refractivity (Wildman–Crippen MR) is 207 cm³/mol. The second-order valence-electron chi connectivity index (χ2n) is 16.0. The average molecular weight is 737 g/mol. The summed E-state index contributed by atoms with van der Waals surface area (Å²) in [6.45, 7) is 13.3. The summed E-state index contributed by atoms with van der Waals surface area (Å²) in [5, 5.41) is 0.807. The topological polar surface area (TPSA) is 66.5 Å². The second kappa shape index (κ2) is 16.4. The molecule has 2 aliphatic carbocycles. The Kier molecular flexibility index (Phi) is 11.9. The van der Waals surface area contributed by atoms with Crippen LogP contribution < -0.4 is 14.4 Å². The number of carbonyl (C=O) groups excluding carboxylic acids is 1. The zero-order valence-electron chi connectivity index (χ0n) is 31.0. The van der Waals surface area contributed by atoms with E-state index in [1.165, 1.54) is 55.6 Å². The van der Waals surface area contributed by atoms with Gasteiger partial charge in [0.05, 0.1) is 31.6 Å². The van der Waals surface area contributed by atoms with E-state index >= 15 is 0 Å². The molecular weight excluding hydrogens is 680 g/mol. The number of benzene rings is 2. The average Bonchev–Trinajstić information content (AvgIpc) is 3.27. The highest BCUT2D eigenvalue weighted by Crippen LogP contribution is 2.47. The Morgan fingerprint density at radius 1 is 1.08 bits per heavy atom. The quantitative estimate of drug-likeness (QED) is 0.252. The molecule has 2 aromatic carbocycles. The van der Waals surface area contributed by atoms with Gasteiger partial charge in [-0.3, -0.25) is 14.4 Å². The van der Waals surface area contributed by atoms with Crippen LogP contribution in [0.2, 0.25) is 5.02 Å². The summed E-state index contributed by atoms with van der Waals surface area (Å²) in [5.74, 6) is 2.20. The summed E-state index contributed by atoms with van der Waals surface area (Å²) in [6, 6.07) is 13.5. The number of hydrogen-bond donors (Lipinski definition) is 1. The van der Waals surface area contributed by atoms with E-state index in [0.717, 1.165) is 79.9 Å². The molecule has 6 aliphatic rings. The number of amides is 1. The van der Waals surface area contributed by atoms with Gasteiger partial charge in [0.15, 0.2) is 0 Å². The summed E-state index contributed by atoms with van der Waals surface area (Å²) >= 11 is 7.84. The van der Waals surface area contributed by atoms with Gasteiger partial charge >= 0.3 is 0 Å². The van der Waals surface area contributed by atoms with Crippen LogP contribution in [-0.2, 0) is 26.1 Å². The van der Waals surface area contributed by atoms with Gasteiger partial charge in [-0.2, -0.15) is 0 Å². The van der Waals surface area contributed by atoms with Crippen molar-refractivity contribution in [1.29, 1.82) is 0 Å². The molecule has 2 aromatic rings. The van der Waals surface area contributed by atoms with Gasteiger partial charge in [0, 0.05) is 73.7 Å². The number of nitrogens with one attached hydrogen (secondary N) is 1. The number of aryl methyl sites for hydroxylation is 1. The predicted octanol–water partition coefficient (Wildman–Crippen LogP) is 6.84. The van der Waals surface area contributed by atoms with Crippen LogP contribution >= 0.6 is 23.5 Å². The smallest absolute Gasteiger partial charge is 0.233 e. The number of fused-ring (bicyclic) bond motifs is 5. The number of morpholine rings is 1. The fourth-order valence-corrected chi connectivity index (χ4v) is 9.99. The van der Waals surface area contributed by atoms with Crippen molar-refractivity contribution >= 4 is 35.1 Å². The minimum atomic E-state index is -0.0923. The monoisotopic (exact) mass is 736 g/mol. The van der Waals surface area contributed by atoms with Crippen molar-refractivity contribution in [3.63, 3.8) is 0 Å². The molecule has 3 fully saturated rings. The number of anilines is 1. The molecule has 0 radical (unpaired) electrons. The molecule has 4 aliphatic heterocycles. The number of likely N-dealkylation sites (N-methyl/N-ethyl adjacent to an activating group) is 1. The largest absolute Gasteiger partial charge is 0.490 e. The van der Waals surface area contributed by atoms with E-state index in [4.69, 9.17) is 25.8 Å². The van der Waals surface area contributed by atoms with Crippen molar-refractivity contribution in [2.75, 3.05) is 78.1 Å². The second-order valence-corrected chi connectivity index (χ2v) is 17.3. The minimum Gasteiger partial charge on any atom is -0.490 e. The first-order valence-corrected chi connectivity index (χ1v) is 20.4. The number of methoxy groups -OCH3 is 1. The van der Waals surface area contributed by atoms with E-state index in [-0.39, 0.29) is 29.3 Å². The van der Waals surface area contributed by atoms with Crippen molar-refractivity contribution < 1.29 is 19.0 Å². The Morgan fingerprint density at radius 3 is 2.78 bits per heavy atom. The molecule has 10 heteroatoms. The van der Waals surface area contributed by atoms with E-state index in [1.54, 1.807) is 0 Å². The lowest BCUT2D eigenvalue weighted by molar-refractivity contribution is -0.123. The van der Waals surface area contributed by atoms with Crippen LogP contribution in [0.1, 0.15) is 57.1 Å². The van der Waals surface area contributed by atoms with E-state index in [2.05, 4.69) is 75.9 Å². The normalized spacial score (nSPS) is 33.5. The van der Waals surface area contributed by atoms with E-state index in [0.29, 0.717) is 24.5 Å². The maximum atomic E-state index is 13.0. The molecule has 1 amide bonds. The van der Waals surface area contributed by atoms with Crippen LogP contribution in [0.4, 0.5) is 5.69 Å². The third kappa shape index (κ3) is 8.29. The van der Waals surface area contributed by atoms with Crippen molar-refractivity contribution in [3.05, 3.63) is 64.7 Å². The van der Waals surface area contributed by atoms with Crippen LogP contribution in [0.25, 0.3) is 0 Å². The summed E-state index contributed by atoms with van der Waals surface area (Å²) in [7, 11) is 4.02. The van der Waals surface area contributed by atoms with Gasteiger partial charge in [0.1, 0.15) is 5.75 Å². The Bertz CT molecular complexity index is 1560. The molecule has 6 unspecified atom stereocenters. The Balaban J connectivity index is 0.000000313. The zero-order chi connectivity index (χ0) is 35.5. The molecule has 1 spiro atoms. The van der Waals surface area contributed by atoms with Crippen LogP contribution in [0, 0.1) is 23.7 Å². The number of halogens is 1. The summed E-state index contributed by atoms with van der Waals surface area (Å²) < 4.78 is 21.2. The summed E-state index contributed by atoms with van der Waals surface area (Å²) in [5.41, 5.74) is 3.78. The number of nitrogens with zero attached hydrogens (tertiary/aromatic N) is 3. The highest BCUT2D eigenvalue weighted by Gasteiger charge is 2.44. The molecule has 8 rings (SSSR count). The van der Waals surface area contributed by atoms with Crippen LogP contribution in [-0.4, -0.2) is 101 Å². The lowest BCUT2D eigenvalue weighted by Crippen LogP contribution is -2.56. The molecule has 1 N–H and O–H groups in total. The van der Waals surface area contributed by atoms with Crippen molar-refractivity contribution in [3.8, 4) is 5.75 Å². The SMILES string of the molecule is CN1CCN2CCOCC2C1.COC1/C=C/CC(C)C(C)C(=O)NSc2ccc3c(c2)N(CC2CCC21)C[C@@]1(CCCc2cc(Cl)ccc21)CO3. The van der Waals surface area contributed by atoms with Gasteiger partial charge in [-0.1, -0.05) is 43.7 Å². The van der Waals surface area contributed by atoms with Crippen LogP contribution in [0.15, 0.2) is 53.4 Å². The summed E-state index contributed by atoms with van der Waals surface area (Å²) in [6.07, 6.45) is 11.1. The fourth-order valence-electron chi connectivity index (χ4n) is 9.08. The third-order valence-electron chi connectivity index (χ3n) is 12.6. The number of piperazine rings is 1. The number of hydrogen-bond acceptors (Lipinski definition) is 8. The van der Waals surface area contributed by atoms with Crippen LogP contribution in [0.3, 0.4) is 0 Å². The summed E-state index contributed by atoms with van der Waals surface area (Å²) in [4.78, 5) is 21.6. The van der Waals surface area contributed by atoms with Crippen LogP contribution in [0.5, 0.6) is 5.75 Å². The van der Waals surface area contributed by atoms with Crippen molar-refractivity contribution in [1.82, 2.24) is 14.5 Å². The van der Waals surface area contributed by atoms with Crippen molar-refractivity contribution in [2.24, 2.45) is 23.7 Å². The zero-order valence-corrected chi connectivity index (χ0v) is 32.5. The van der Waals surface area contributed by atoms with Gasteiger partial charge in [0.25, 0.3) is 0 Å². The molecule has 7 atom stereocenters. The first-order valence-electron chi connectivity index (χ1n) is 19.2. The molecule has 0 aromatic heterocycles. The van der Waals surface area contributed by atoms with Gasteiger partial charge in [-0.25, -0.2) is 0 Å². The standard InChI is InChI=1S/C33H41ClN2O3S.C8H16N2O/c1-21-6-4-8-30(38-3)27-12-9-24(27)18-36-19-33(15-5-7-23-16-25(34)10-13-28(23)33)20-39-31-14-11-26(17-29(31)36)40-35-32(37)22(21)2;1-9-2-3-10-4-5-11-7-8(10)6-9/h4,8,10-11,13-14,16-17,21-22,24,27,30H,5-7,9,12,15,18-20H2,1-3H3,(H,35,37);8H,2-7H2,1H3/b8-4+;/t21?,22?,24?,27?,30?,33-;/m0./s1. The van der Waals surface area contributed by atoms with E-state index in [1.807, 2.05) is 20.1 Å². The van der Waals surface area contributed by atoms with E-state index in [9.17, 15) is 4.79 Å². The molecule has 2 saturated heterocycles. The molecular formula is C41H57ClN4O4S. The van der Waals surface area contributed by atoms with Gasteiger partial charge in [-0.05, 0) is 117 Å². The number of ether oxygens (including phenoxy) is 3. The molecule has 8 nitrogen and oxygen atoms in total. The van der Waals surface area contributed by atoms with Gasteiger partial charge < -0.3 is 24.0 Å². The Morgan fingerprint density at radius 2 is 1.96 bits per heavy atom. The first-order chi connectivity index (χ1) is 24.7. The maximum absolute atomic E-state index is 13.0.